The molecule has 4 atom stereocenters. The van der Waals surface area contributed by atoms with Gasteiger partial charge in [-0.25, -0.2) is 4.98 Å². The monoisotopic (exact) mass is 399 g/mol. The highest BCUT2D eigenvalue weighted by atomic mass is 32.2. The second-order valence-electron chi connectivity index (χ2n) is 7.72. The molecule has 150 valence electrons. The maximum atomic E-state index is 13.4. The summed E-state index contributed by atoms with van der Waals surface area (Å²) in [6.07, 6.45) is 4.92. The summed E-state index contributed by atoms with van der Waals surface area (Å²) in [5.74, 6) is 0.867. The normalized spacial score (nSPS) is 23.3. The molecule has 6 heteroatoms. The molecular formula is C22H29N3O2S. The summed E-state index contributed by atoms with van der Waals surface area (Å²) in [5, 5.41) is 3.75. The third-order valence-electron chi connectivity index (χ3n) is 5.84. The van der Waals surface area contributed by atoms with E-state index in [1.165, 1.54) is 18.2 Å². The number of benzene rings is 1. The fourth-order valence-electron chi connectivity index (χ4n) is 3.95. The molecule has 1 heterocycles. The molecule has 0 radical (unpaired) electrons. The summed E-state index contributed by atoms with van der Waals surface area (Å²) in [5.41, 5.74) is 0.680. The predicted octanol–water partition coefficient (Wildman–Crippen LogP) is 4.18. The molecule has 1 saturated carbocycles. The molecule has 0 aliphatic heterocycles. The SMILES string of the molecule is C=CCNC(=O)[C@H](C)Sc1nc2ccccc2c(=O)n1[C@@H]1CCC[C@@H](C)[C@H]1C. The highest BCUT2D eigenvalue weighted by Crippen LogP contribution is 2.39. The zero-order valence-corrected chi connectivity index (χ0v) is 17.7. The lowest BCUT2D eigenvalue weighted by molar-refractivity contribution is -0.120. The first-order valence-electron chi connectivity index (χ1n) is 10.0. The zero-order chi connectivity index (χ0) is 20.3. The molecule has 0 saturated heterocycles. The van der Waals surface area contributed by atoms with Crippen molar-refractivity contribution in [3.63, 3.8) is 0 Å². The van der Waals surface area contributed by atoms with Gasteiger partial charge in [0.25, 0.3) is 5.56 Å². The molecule has 1 aromatic carbocycles. The number of nitrogens with one attached hydrogen (secondary N) is 1. The van der Waals surface area contributed by atoms with Gasteiger partial charge in [0.2, 0.25) is 5.91 Å². The maximum absolute atomic E-state index is 13.4. The molecule has 0 spiro atoms. The average molecular weight is 400 g/mol. The molecule has 0 bridgehead atoms. The minimum Gasteiger partial charge on any atom is -0.352 e. The second-order valence-corrected chi connectivity index (χ2v) is 9.02. The van der Waals surface area contributed by atoms with E-state index in [0.29, 0.717) is 34.4 Å². The number of thioether (sulfide) groups is 1. The van der Waals surface area contributed by atoms with E-state index < -0.39 is 0 Å². The molecule has 0 unspecified atom stereocenters. The van der Waals surface area contributed by atoms with E-state index >= 15 is 0 Å². The Morgan fingerprint density at radius 3 is 2.89 bits per heavy atom. The Labute approximate surface area is 170 Å². The Morgan fingerprint density at radius 2 is 2.14 bits per heavy atom. The number of hydrogen-bond acceptors (Lipinski definition) is 4. The topological polar surface area (TPSA) is 64.0 Å². The largest absolute Gasteiger partial charge is 0.352 e. The first-order chi connectivity index (χ1) is 13.4. The van der Waals surface area contributed by atoms with Crippen LogP contribution in [-0.2, 0) is 4.79 Å². The Hall–Kier alpha value is -2.08. The molecule has 1 amide bonds. The van der Waals surface area contributed by atoms with Gasteiger partial charge in [0, 0.05) is 12.6 Å². The van der Waals surface area contributed by atoms with Crippen molar-refractivity contribution in [3.8, 4) is 0 Å². The second kappa shape index (κ2) is 8.95. The van der Waals surface area contributed by atoms with Crippen LogP contribution in [0.5, 0.6) is 0 Å². The van der Waals surface area contributed by atoms with Gasteiger partial charge in [0.1, 0.15) is 0 Å². The summed E-state index contributed by atoms with van der Waals surface area (Å²) < 4.78 is 1.87. The first kappa shape index (κ1) is 20.6. The average Bonchev–Trinajstić information content (AvgIpc) is 2.69. The van der Waals surface area contributed by atoms with Crippen molar-refractivity contribution in [2.24, 2.45) is 11.8 Å². The molecule has 1 aliphatic carbocycles. The minimum absolute atomic E-state index is 0.00208. The smallest absolute Gasteiger partial charge is 0.262 e. The van der Waals surface area contributed by atoms with Crippen LogP contribution < -0.4 is 10.9 Å². The number of para-hydroxylation sites is 1. The Kier molecular flexibility index (Phi) is 6.60. The van der Waals surface area contributed by atoms with Gasteiger partial charge in [0.05, 0.1) is 16.2 Å². The summed E-state index contributed by atoms with van der Waals surface area (Å²) >= 11 is 1.36. The van der Waals surface area contributed by atoms with Crippen LogP contribution in [0.1, 0.15) is 46.1 Å². The van der Waals surface area contributed by atoms with Crippen molar-refractivity contribution in [2.75, 3.05) is 6.54 Å². The van der Waals surface area contributed by atoms with Crippen molar-refractivity contribution in [2.45, 2.75) is 56.5 Å². The fraction of sp³-hybridized carbons (Fsp3) is 0.500. The lowest BCUT2D eigenvalue weighted by Gasteiger charge is -2.36. The zero-order valence-electron chi connectivity index (χ0n) is 16.9. The van der Waals surface area contributed by atoms with Crippen LogP contribution in [0.2, 0.25) is 0 Å². The van der Waals surface area contributed by atoms with Gasteiger partial charge < -0.3 is 5.32 Å². The van der Waals surface area contributed by atoms with Crippen LogP contribution >= 0.6 is 11.8 Å². The van der Waals surface area contributed by atoms with E-state index in [9.17, 15) is 9.59 Å². The van der Waals surface area contributed by atoms with Gasteiger partial charge in [-0.15, -0.1) is 6.58 Å². The van der Waals surface area contributed by atoms with Crippen LogP contribution in [0.4, 0.5) is 0 Å². The standard InChI is InChI=1S/C22H29N3O2S/c1-5-13-23-20(26)16(4)28-22-24-18-11-7-6-10-17(18)21(27)25(22)19-12-8-9-14(2)15(19)3/h5-7,10-11,14-16,19H,1,8-9,12-13H2,2-4H3,(H,23,26)/t14-,15-,16+,19-/m1/s1. The third kappa shape index (κ3) is 4.17. The molecule has 1 aromatic heterocycles. The molecule has 2 aromatic rings. The van der Waals surface area contributed by atoms with Crippen LogP contribution in [-0.4, -0.2) is 27.3 Å². The minimum atomic E-state index is -0.351. The van der Waals surface area contributed by atoms with Crippen molar-refractivity contribution in [3.05, 3.63) is 47.3 Å². The lowest BCUT2D eigenvalue weighted by Crippen LogP contribution is -2.36. The van der Waals surface area contributed by atoms with Gasteiger partial charge in [0.15, 0.2) is 5.16 Å². The summed E-state index contributed by atoms with van der Waals surface area (Å²) in [6.45, 7) is 10.4. The lowest BCUT2D eigenvalue weighted by atomic mass is 9.78. The van der Waals surface area contributed by atoms with Gasteiger partial charge >= 0.3 is 0 Å². The van der Waals surface area contributed by atoms with Crippen LogP contribution in [0.3, 0.4) is 0 Å². The Bertz CT molecular complexity index is 924. The van der Waals surface area contributed by atoms with Gasteiger partial charge in [-0.1, -0.05) is 56.7 Å². The molecule has 28 heavy (non-hydrogen) atoms. The van der Waals surface area contributed by atoms with Crippen molar-refractivity contribution in [1.29, 1.82) is 0 Å². The molecule has 1 N–H and O–H groups in total. The molecule has 1 aliphatic rings. The molecular weight excluding hydrogens is 370 g/mol. The van der Waals surface area contributed by atoms with Crippen LogP contribution in [0, 0.1) is 11.8 Å². The molecule has 5 nitrogen and oxygen atoms in total. The number of rotatable bonds is 6. The molecule has 1 fully saturated rings. The van der Waals surface area contributed by atoms with Crippen molar-refractivity contribution >= 4 is 28.6 Å². The number of carbonyl (C=O) groups excluding carboxylic acids is 1. The molecule has 3 rings (SSSR count). The summed E-state index contributed by atoms with van der Waals surface area (Å²) in [7, 11) is 0. The number of amides is 1. The van der Waals surface area contributed by atoms with E-state index in [1.807, 2.05) is 35.8 Å². The summed E-state index contributed by atoms with van der Waals surface area (Å²) in [4.78, 5) is 30.6. The fourth-order valence-corrected chi connectivity index (χ4v) is 4.94. The number of fused-ring (bicyclic) bond motifs is 1. The van der Waals surface area contributed by atoms with E-state index in [1.54, 1.807) is 6.08 Å². The van der Waals surface area contributed by atoms with E-state index in [2.05, 4.69) is 25.7 Å². The highest BCUT2D eigenvalue weighted by molar-refractivity contribution is 8.00. The van der Waals surface area contributed by atoms with Crippen molar-refractivity contribution < 1.29 is 4.79 Å². The van der Waals surface area contributed by atoms with Crippen molar-refractivity contribution in [1.82, 2.24) is 14.9 Å². The van der Waals surface area contributed by atoms with Crippen LogP contribution in [0.15, 0.2) is 46.9 Å². The summed E-state index contributed by atoms with van der Waals surface area (Å²) in [6, 6.07) is 7.58. The number of nitrogens with zero attached hydrogens (tertiary/aromatic N) is 2. The predicted molar refractivity (Wildman–Crippen MR) is 116 cm³/mol. The Morgan fingerprint density at radius 1 is 1.39 bits per heavy atom. The number of hydrogen-bond donors (Lipinski definition) is 1. The van der Waals surface area contributed by atoms with E-state index in [4.69, 9.17) is 4.98 Å². The van der Waals surface area contributed by atoms with Gasteiger partial charge in [-0.2, -0.15) is 0 Å². The number of aromatic nitrogens is 2. The van der Waals surface area contributed by atoms with E-state index in [-0.39, 0.29) is 22.8 Å². The first-order valence-corrected chi connectivity index (χ1v) is 10.9. The quantitative estimate of drug-likeness (QED) is 0.450. The Balaban J connectivity index is 2.05. The highest BCUT2D eigenvalue weighted by Gasteiger charge is 2.32. The van der Waals surface area contributed by atoms with Crippen LogP contribution in [0.25, 0.3) is 10.9 Å². The van der Waals surface area contributed by atoms with E-state index in [0.717, 1.165) is 12.8 Å². The number of carbonyl (C=O) groups is 1. The third-order valence-corrected chi connectivity index (χ3v) is 6.91. The van der Waals surface area contributed by atoms with Gasteiger partial charge in [-0.05, 0) is 37.3 Å². The van der Waals surface area contributed by atoms with Gasteiger partial charge in [-0.3, -0.25) is 14.2 Å². The maximum Gasteiger partial charge on any atom is 0.262 e.